The first kappa shape index (κ1) is 28.1. The summed E-state index contributed by atoms with van der Waals surface area (Å²) in [5.41, 5.74) is 5.96. The minimum atomic E-state index is -0.102. The molecule has 3 aromatic carbocycles. The Kier molecular flexibility index (Phi) is 8.98. The van der Waals surface area contributed by atoms with Crippen molar-refractivity contribution in [3.63, 3.8) is 0 Å². The lowest BCUT2D eigenvalue weighted by Gasteiger charge is -2.35. The number of aromatic nitrogens is 1. The fourth-order valence-corrected chi connectivity index (χ4v) is 5.71. The van der Waals surface area contributed by atoms with E-state index in [4.69, 9.17) is 0 Å². The molecule has 6 heteroatoms. The molecule has 0 unspecified atom stereocenters. The van der Waals surface area contributed by atoms with Crippen LogP contribution in [0.3, 0.4) is 0 Å². The van der Waals surface area contributed by atoms with Crippen molar-refractivity contribution in [1.29, 1.82) is 0 Å². The van der Waals surface area contributed by atoms with E-state index in [9.17, 15) is 9.59 Å². The highest BCUT2D eigenvalue weighted by Crippen LogP contribution is 2.25. The van der Waals surface area contributed by atoms with E-state index in [-0.39, 0.29) is 11.7 Å². The Morgan fingerprint density at radius 2 is 1.48 bits per heavy atom. The molecular formula is C34H36BrN3O2. The highest BCUT2D eigenvalue weighted by atomic mass is 79.9. The van der Waals surface area contributed by atoms with E-state index >= 15 is 0 Å². The van der Waals surface area contributed by atoms with Gasteiger partial charge in [-0.2, -0.15) is 0 Å². The summed E-state index contributed by atoms with van der Waals surface area (Å²) in [6, 6.07) is 26.3. The van der Waals surface area contributed by atoms with Crippen LogP contribution in [0.4, 0.5) is 0 Å². The fourth-order valence-electron chi connectivity index (χ4n) is 5.45. The summed E-state index contributed by atoms with van der Waals surface area (Å²) < 4.78 is 2.97. The molecule has 0 atom stereocenters. The number of carbonyl (C=O) groups excluding carboxylic acids is 2. The maximum atomic E-state index is 14.1. The number of ketones is 1. The van der Waals surface area contributed by atoms with Crippen molar-refractivity contribution in [3.8, 4) is 0 Å². The summed E-state index contributed by atoms with van der Waals surface area (Å²) in [6.07, 6.45) is 4.12. The first-order valence-corrected chi connectivity index (χ1v) is 14.8. The largest absolute Gasteiger partial charge is 0.338 e. The second kappa shape index (κ2) is 12.8. The Hall–Kier alpha value is -3.48. The SMILES string of the molecule is Cc1ccc(C(=O)c2c(C)cn(Cc3ccc(Br)cc3)c2C(=O)N2CCN(CCCc3ccccc3)CC2)cc1. The topological polar surface area (TPSA) is 45.6 Å². The number of hydrogen-bond acceptors (Lipinski definition) is 3. The number of carbonyl (C=O) groups is 2. The van der Waals surface area contributed by atoms with Crippen molar-refractivity contribution in [2.24, 2.45) is 0 Å². The van der Waals surface area contributed by atoms with Crippen LogP contribution in [0, 0.1) is 13.8 Å². The van der Waals surface area contributed by atoms with Gasteiger partial charge in [0.2, 0.25) is 0 Å². The van der Waals surface area contributed by atoms with Crippen LogP contribution in [0.5, 0.6) is 0 Å². The van der Waals surface area contributed by atoms with Crippen LogP contribution in [0.15, 0.2) is 89.5 Å². The molecule has 5 rings (SSSR count). The molecule has 1 aliphatic rings. The molecule has 1 aromatic heterocycles. The quantitative estimate of drug-likeness (QED) is 0.206. The lowest BCUT2D eigenvalue weighted by atomic mass is 9.99. The zero-order chi connectivity index (χ0) is 28.1. The summed E-state index contributed by atoms with van der Waals surface area (Å²) in [6.45, 7) is 8.48. The van der Waals surface area contributed by atoms with Gasteiger partial charge < -0.3 is 9.47 Å². The standard InChI is InChI=1S/C34H36BrN3O2/c1-25-10-14-29(15-11-25)33(39)31-26(2)23-38(24-28-12-16-30(35)17-13-28)32(31)34(40)37-21-19-36(20-22-37)18-6-9-27-7-4-3-5-8-27/h3-5,7-8,10-17,23H,6,9,18-22,24H2,1-2H3. The van der Waals surface area contributed by atoms with Crippen molar-refractivity contribution in [1.82, 2.24) is 14.4 Å². The molecule has 0 N–H and O–H groups in total. The Balaban J connectivity index is 1.34. The molecule has 1 saturated heterocycles. The van der Waals surface area contributed by atoms with Gasteiger partial charge in [-0.25, -0.2) is 0 Å². The Bertz CT molecular complexity index is 1450. The summed E-state index contributed by atoms with van der Waals surface area (Å²) in [5.74, 6) is -0.167. The maximum absolute atomic E-state index is 14.1. The van der Waals surface area contributed by atoms with E-state index in [1.54, 1.807) is 0 Å². The van der Waals surface area contributed by atoms with Crippen LogP contribution in [0.25, 0.3) is 0 Å². The first-order chi connectivity index (χ1) is 19.4. The van der Waals surface area contributed by atoms with Crippen LogP contribution in [-0.4, -0.2) is 58.8 Å². The Labute approximate surface area is 245 Å². The van der Waals surface area contributed by atoms with E-state index in [1.807, 2.05) is 78.0 Å². The molecule has 206 valence electrons. The predicted molar refractivity (Wildman–Crippen MR) is 164 cm³/mol. The minimum Gasteiger partial charge on any atom is -0.338 e. The lowest BCUT2D eigenvalue weighted by Crippen LogP contribution is -2.49. The molecule has 0 aliphatic carbocycles. The highest BCUT2D eigenvalue weighted by Gasteiger charge is 2.30. The van der Waals surface area contributed by atoms with Gasteiger partial charge in [0.05, 0.1) is 5.56 Å². The number of benzene rings is 3. The third-order valence-electron chi connectivity index (χ3n) is 7.72. The molecule has 1 amide bonds. The van der Waals surface area contributed by atoms with Crippen molar-refractivity contribution in [3.05, 3.63) is 129 Å². The number of rotatable bonds is 9. The summed E-state index contributed by atoms with van der Waals surface area (Å²) in [5, 5.41) is 0. The van der Waals surface area contributed by atoms with Crippen LogP contribution < -0.4 is 0 Å². The van der Waals surface area contributed by atoms with Crippen LogP contribution >= 0.6 is 15.9 Å². The molecule has 0 spiro atoms. The maximum Gasteiger partial charge on any atom is 0.271 e. The van der Waals surface area contributed by atoms with Gasteiger partial charge in [-0.15, -0.1) is 0 Å². The van der Waals surface area contributed by atoms with Gasteiger partial charge >= 0.3 is 0 Å². The summed E-state index contributed by atoms with van der Waals surface area (Å²) >= 11 is 3.50. The van der Waals surface area contributed by atoms with Gasteiger partial charge in [0, 0.05) is 49.0 Å². The average Bonchev–Trinajstić information content (AvgIpc) is 3.30. The van der Waals surface area contributed by atoms with E-state index in [1.165, 1.54) is 5.56 Å². The van der Waals surface area contributed by atoms with E-state index in [0.29, 0.717) is 36.5 Å². The number of hydrogen-bond donors (Lipinski definition) is 0. The molecule has 1 fully saturated rings. The zero-order valence-corrected chi connectivity index (χ0v) is 24.9. The molecule has 0 bridgehead atoms. The second-order valence-electron chi connectivity index (χ2n) is 10.7. The Morgan fingerprint density at radius 3 is 2.15 bits per heavy atom. The van der Waals surface area contributed by atoms with Gasteiger partial charge in [0.15, 0.2) is 5.78 Å². The van der Waals surface area contributed by atoms with Crippen LogP contribution in [0.2, 0.25) is 0 Å². The second-order valence-corrected chi connectivity index (χ2v) is 11.6. The average molecular weight is 599 g/mol. The molecule has 0 radical (unpaired) electrons. The van der Waals surface area contributed by atoms with Crippen LogP contribution in [0.1, 0.15) is 55.1 Å². The first-order valence-electron chi connectivity index (χ1n) is 14.0. The summed E-state index contributed by atoms with van der Waals surface area (Å²) in [4.78, 5) is 32.3. The monoisotopic (exact) mass is 597 g/mol. The van der Waals surface area contributed by atoms with Gasteiger partial charge in [0.1, 0.15) is 5.69 Å². The third-order valence-corrected chi connectivity index (χ3v) is 8.25. The normalized spacial score (nSPS) is 13.9. The van der Waals surface area contributed by atoms with E-state index in [0.717, 1.165) is 53.6 Å². The number of halogens is 1. The van der Waals surface area contributed by atoms with Crippen LogP contribution in [-0.2, 0) is 13.0 Å². The number of aryl methyl sites for hydroxylation is 3. The van der Waals surface area contributed by atoms with Gasteiger partial charge in [0.25, 0.3) is 5.91 Å². The molecule has 0 saturated carbocycles. The van der Waals surface area contributed by atoms with E-state index in [2.05, 4.69) is 51.2 Å². The summed E-state index contributed by atoms with van der Waals surface area (Å²) in [7, 11) is 0. The van der Waals surface area contributed by atoms with Gasteiger partial charge in [-0.3, -0.25) is 14.5 Å². The number of piperazine rings is 1. The van der Waals surface area contributed by atoms with Crippen molar-refractivity contribution in [2.75, 3.05) is 32.7 Å². The van der Waals surface area contributed by atoms with Crippen molar-refractivity contribution >= 4 is 27.6 Å². The molecule has 4 aromatic rings. The molecule has 40 heavy (non-hydrogen) atoms. The number of amides is 1. The van der Waals surface area contributed by atoms with Crippen molar-refractivity contribution < 1.29 is 9.59 Å². The third kappa shape index (κ3) is 6.62. The lowest BCUT2D eigenvalue weighted by molar-refractivity contribution is 0.0623. The molecule has 5 nitrogen and oxygen atoms in total. The Morgan fingerprint density at radius 1 is 0.800 bits per heavy atom. The zero-order valence-electron chi connectivity index (χ0n) is 23.3. The van der Waals surface area contributed by atoms with Gasteiger partial charge in [-0.05, 0) is 62.1 Å². The fraction of sp³-hybridized carbons (Fsp3) is 0.294. The van der Waals surface area contributed by atoms with Crippen molar-refractivity contribution in [2.45, 2.75) is 33.2 Å². The van der Waals surface area contributed by atoms with E-state index < -0.39 is 0 Å². The molecular weight excluding hydrogens is 562 g/mol. The molecule has 1 aliphatic heterocycles. The number of nitrogens with zero attached hydrogens (tertiary/aromatic N) is 3. The predicted octanol–water partition coefficient (Wildman–Crippen LogP) is 6.54. The smallest absolute Gasteiger partial charge is 0.271 e. The molecule has 2 heterocycles. The van der Waals surface area contributed by atoms with Gasteiger partial charge in [-0.1, -0.05) is 88.2 Å². The highest BCUT2D eigenvalue weighted by molar-refractivity contribution is 9.10. The minimum absolute atomic E-state index is 0.0652.